The molecule has 0 radical (unpaired) electrons. The highest BCUT2D eigenvalue weighted by Crippen LogP contribution is 2.44. The summed E-state index contributed by atoms with van der Waals surface area (Å²) in [6.07, 6.45) is 2.51. The number of pyridine rings is 1. The number of nitrogens with zero attached hydrogens (tertiary/aromatic N) is 1. The Balaban J connectivity index is 2.05. The molecule has 1 aliphatic carbocycles. The first-order valence-corrected chi connectivity index (χ1v) is 5.45. The minimum absolute atomic E-state index is 0.267. The van der Waals surface area contributed by atoms with Crippen molar-refractivity contribution >= 4 is 11.8 Å². The number of nitrogens with one attached hydrogen (secondary N) is 1. The van der Waals surface area contributed by atoms with Gasteiger partial charge in [-0.25, -0.2) is 9.78 Å². The first kappa shape index (κ1) is 10.9. The van der Waals surface area contributed by atoms with Crippen LogP contribution in [0.25, 0.3) is 0 Å². The molecule has 4 heteroatoms. The molecule has 0 bridgehead atoms. The number of aromatic nitrogens is 1. The van der Waals surface area contributed by atoms with Crippen LogP contribution in [0.15, 0.2) is 12.1 Å². The van der Waals surface area contributed by atoms with E-state index in [0.717, 1.165) is 12.4 Å². The largest absolute Gasteiger partial charge is 0.478 e. The number of hydrogen-bond acceptors (Lipinski definition) is 3. The van der Waals surface area contributed by atoms with Crippen LogP contribution in [-0.4, -0.2) is 22.6 Å². The van der Waals surface area contributed by atoms with E-state index in [-0.39, 0.29) is 5.56 Å². The highest BCUT2D eigenvalue weighted by Gasteiger charge is 2.36. The summed E-state index contributed by atoms with van der Waals surface area (Å²) < 4.78 is 0. The number of carbonyl (C=O) groups is 1. The third kappa shape index (κ3) is 2.32. The van der Waals surface area contributed by atoms with E-state index in [1.807, 2.05) is 0 Å². The van der Waals surface area contributed by atoms with Crippen molar-refractivity contribution in [3.63, 3.8) is 0 Å². The molecule has 0 saturated heterocycles. The SMILES string of the molecule is Cc1nc(NCC2(C)CC2)ccc1C(=O)O. The van der Waals surface area contributed by atoms with E-state index in [9.17, 15) is 4.79 Å². The van der Waals surface area contributed by atoms with Crippen molar-refractivity contribution < 1.29 is 9.90 Å². The lowest BCUT2D eigenvalue weighted by molar-refractivity contribution is 0.0695. The number of carboxylic acids is 1. The summed E-state index contributed by atoms with van der Waals surface area (Å²) in [6, 6.07) is 3.32. The second-order valence-electron chi connectivity index (χ2n) is 4.80. The predicted octanol–water partition coefficient (Wildman–Crippen LogP) is 2.30. The van der Waals surface area contributed by atoms with Crippen molar-refractivity contribution in [2.75, 3.05) is 11.9 Å². The predicted molar refractivity (Wildman–Crippen MR) is 61.8 cm³/mol. The van der Waals surface area contributed by atoms with Gasteiger partial charge >= 0.3 is 5.97 Å². The summed E-state index contributed by atoms with van der Waals surface area (Å²) in [5, 5.41) is 12.1. The first-order valence-electron chi connectivity index (χ1n) is 5.45. The number of rotatable bonds is 4. The van der Waals surface area contributed by atoms with Gasteiger partial charge < -0.3 is 10.4 Å². The molecule has 0 amide bonds. The number of hydrogen-bond donors (Lipinski definition) is 2. The van der Waals surface area contributed by atoms with Crippen LogP contribution in [0.4, 0.5) is 5.82 Å². The van der Waals surface area contributed by atoms with Gasteiger partial charge in [0.25, 0.3) is 0 Å². The summed E-state index contributed by atoms with van der Waals surface area (Å²) >= 11 is 0. The molecule has 0 atom stereocenters. The third-order valence-electron chi connectivity index (χ3n) is 3.12. The molecule has 2 rings (SSSR count). The standard InChI is InChI=1S/C12H16N2O2/c1-8-9(11(15)16)3-4-10(14-8)13-7-12(2)5-6-12/h3-4H,5-7H2,1-2H3,(H,13,14)(H,15,16). The summed E-state index contributed by atoms with van der Waals surface area (Å²) in [5.41, 5.74) is 1.24. The molecule has 0 aromatic carbocycles. The van der Waals surface area contributed by atoms with Gasteiger partial charge in [0.2, 0.25) is 0 Å². The van der Waals surface area contributed by atoms with E-state index in [1.165, 1.54) is 12.8 Å². The summed E-state index contributed by atoms with van der Waals surface area (Å²) in [7, 11) is 0. The van der Waals surface area contributed by atoms with Gasteiger partial charge in [-0.1, -0.05) is 6.92 Å². The molecule has 1 saturated carbocycles. The Morgan fingerprint density at radius 1 is 1.56 bits per heavy atom. The fraction of sp³-hybridized carbons (Fsp3) is 0.500. The van der Waals surface area contributed by atoms with Crippen LogP contribution in [0.1, 0.15) is 35.8 Å². The minimum Gasteiger partial charge on any atom is -0.478 e. The van der Waals surface area contributed by atoms with Gasteiger partial charge in [-0.3, -0.25) is 0 Å². The molecule has 16 heavy (non-hydrogen) atoms. The van der Waals surface area contributed by atoms with Crippen LogP contribution in [0.3, 0.4) is 0 Å². The molecule has 4 nitrogen and oxygen atoms in total. The molecular weight excluding hydrogens is 204 g/mol. The zero-order chi connectivity index (χ0) is 11.8. The van der Waals surface area contributed by atoms with Crippen LogP contribution in [0.2, 0.25) is 0 Å². The second-order valence-corrected chi connectivity index (χ2v) is 4.80. The quantitative estimate of drug-likeness (QED) is 0.817. The lowest BCUT2D eigenvalue weighted by atomic mass is 10.1. The maximum atomic E-state index is 10.8. The van der Waals surface area contributed by atoms with Crippen molar-refractivity contribution in [2.45, 2.75) is 26.7 Å². The van der Waals surface area contributed by atoms with Gasteiger partial charge in [-0.05, 0) is 37.3 Å². The molecule has 1 aromatic rings. The van der Waals surface area contributed by atoms with Crippen molar-refractivity contribution in [3.8, 4) is 0 Å². The molecule has 0 unspecified atom stereocenters. The Bertz CT molecular complexity index is 425. The first-order chi connectivity index (χ1) is 7.50. The lowest BCUT2D eigenvalue weighted by Gasteiger charge is -2.11. The summed E-state index contributed by atoms with van der Waals surface area (Å²) in [6.45, 7) is 4.86. The van der Waals surface area contributed by atoms with E-state index < -0.39 is 5.97 Å². The van der Waals surface area contributed by atoms with Gasteiger partial charge in [-0.2, -0.15) is 0 Å². The normalized spacial score (nSPS) is 16.9. The highest BCUT2D eigenvalue weighted by atomic mass is 16.4. The molecule has 1 heterocycles. The fourth-order valence-electron chi connectivity index (χ4n) is 1.58. The third-order valence-corrected chi connectivity index (χ3v) is 3.12. The maximum absolute atomic E-state index is 10.8. The van der Waals surface area contributed by atoms with E-state index in [0.29, 0.717) is 11.1 Å². The monoisotopic (exact) mass is 220 g/mol. The van der Waals surface area contributed by atoms with Gasteiger partial charge in [0, 0.05) is 6.54 Å². The molecule has 86 valence electrons. The molecule has 1 aromatic heterocycles. The number of anilines is 1. The number of carboxylic acid groups (broad SMARTS) is 1. The van der Waals surface area contributed by atoms with E-state index in [4.69, 9.17) is 5.11 Å². The minimum atomic E-state index is -0.925. The van der Waals surface area contributed by atoms with E-state index >= 15 is 0 Å². The highest BCUT2D eigenvalue weighted by molar-refractivity contribution is 5.89. The number of aromatic carboxylic acids is 1. The molecule has 1 fully saturated rings. The average Bonchev–Trinajstić information content (AvgIpc) is 2.94. The van der Waals surface area contributed by atoms with Crippen LogP contribution in [0.5, 0.6) is 0 Å². The van der Waals surface area contributed by atoms with E-state index in [2.05, 4.69) is 17.2 Å². The Kier molecular flexibility index (Phi) is 2.58. The number of aryl methyl sites for hydroxylation is 1. The van der Waals surface area contributed by atoms with Crippen LogP contribution >= 0.6 is 0 Å². The van der Waals surface area contributed by atoms with E-state index in [1.54, 1.807) is 19.1 Å². The van der Waals surface area contributed by atoms with Gasteiger partial charge in [0.15, 0.2) is 0 Å². The Labute approximate surface area is 94.7 Å². The molecule has 1 aliphatic rings. The molecular formula is C12H16N2O2. The van der Waals surface area contributed by atoms with Crippen LogP contribution < -0.4 is 5.32 Å². The maximum Gasteiger partial charge on any atom is 0.337 e. The molecule has 0 aliphatic heterocycles. The lowest BCUT2D eigenvalue weighted by Crippen LogP contribution is -2.13. The van der Waals surface area contributed by atoms with Gasteiger partial charge in [0.05, 0.1) is 11.3 Å². The Morgan fingerprint density at radius 3 is 2.75 bits per heavy atom. The smallest absolute Gasteiger partial charge is 0.337 e. The van der Waals surface area contributed by atoms with Crippen molar-refractivity contribution in [1.29, 1.82) is 0 Å². The zero-order valence-corrected chi connectivity index (χ0v) is 9.58. The van der Waals surface area contributed by atoms with Crippen molar-refractivity contribution in [2.24, 2.45) is 5.41 Å². The zero-order valence-electron chi connectivity index (χ0n) is 9.58. The van der Waals surface area contributed by atoms with Crippen molar-refractivity contribution in [1.82, 2.24) is 4.98 Å². The average molecular weight is 220 g/mol. The topological polar surface area (TPSA) is 62.2 Å². The van der Waals surface area contributed by atoms with Crippen LogP contribution in [0, 0.1) is 12.3 Å². The molecule has 0 spiro atoms. The summed E-state index contributed by atoms with van der Waals surface area (Å²) in [4.78, 5) is 15.0. The van der Waals surface area contributed by atoms with Gasteiger partial charge in [-0.15, -0.1) is 0 Å². The van der Waals surface area contributed by atoms with Crippen LogP contribution in [-0.2, 0) is 0 Å². The van der Waals surface area contributed by atoms with Crippen molar-refractivity contribution in [3.05, 3.63) is 23.4 Å². The summed E-state index contributed by atoms with van der Waals surface area (Å²) in [5.74, 6) is -0.165. The van der Waals surface area contributed by atoms with Gasteiger partial charge in [0.1, 0.15) is 5.82 Å². The Hall–Kier alpha value is -1.58. The second kappa shape index (κ2) is 3.77. The molecule has 2 N–H and O–H groups in total. The fourth-order valence-corrected chi connectivity index (χ4v) is 1.58. The Morgan fingerprint density at radius 2 is 2.25 bits per heavy atom.